The van der Waals surface area contributed by atoms with Crippen LogP contribution in [0.5, 0.6) is 0 Å². The first-order chi connectivity index (χ1) is 12.7. The predicted octanol–water partition coefficient (Wildman–Crippen LogP) is 2.64. The van der Waals surface area contributed by atoms with E-state index in [2.05, 4.69) is 21.8 Å². The summed E-state index contributed by atoms with van der Waals surface area (Å²) >= 11 is 0. The van der Waals surface area contributed by atoms with Crippen LogP contribution in [0.1, 0.15) is 27.8 Å². The lowest BCUT2D eigenvalue weighted by Gasteiger charge is -2.35. The van der Waals surface area contributed by atoms with Crippen molar-refractivity contribution in [2.24, 2.45) is 7.05 Å². The highest BCUT2D eigenvalue weighted by atomic mass is 16.5. The molecule has 0 radical (unpaired) electrons. The number of fused-ring (bicyclic) bond motifs is 1. The second-order valence-corrected chi connectivity index (χ2v) is 6.62. The Morgan fingerprint density at radius 3 is 2.77 bits per heavy atom. The number of hydrogen-bond donors (Lipinski definition) is 0. The van der Waals surface area contributed by atoms with Gasteiger partial charge in [0.1, 0.15) is 5.69 Å². The first kappa shape index (κ1) is 16.6. The van der Waals surface area contributed by atoms with Crippen LogP contribution in [0, 0.1) is 0 Å². The average molecular weight is 350 g/mol. The third-order valence-corrected chi connectivity index (χ3v) is 4.82. The summed E-state index contributed by atoms with van der Waals surface area (Å²) in [7, 11) is 1.90. The maximum Gasteiger partial charge on any atom is 0.270 e. The van der Waals surface area contributed by atoms with Gasteiger partial charge in [0.25, 0.3) is 5.91 Å². The standard InChI is InChI=1S/C20H22N4O2/c1-22-10-3-5-19(22)20(25)23-12-17-4-2-11-24(17)18(13-23)15-26-14-16-6-8-21-9-7-16/h2-11,18H,12-15H2,1H3/t18-/m1/s1. The zero-order valence-electron chi connectivity index (χ0n) is 14.8. The summed E-state index contributed by atoms with van der Waals surface area (Å²) in [5.74, 6) is 0.0593. The van der Waals surface area contributed by atoms with E-state index in [-0.39, 0.29) is 11.9 Å². The molecule has 0 spiro atoms. The fourth-order valence-electron chi connectivity index (χ4n) is 3.45. The molecule has 0 unspecified atom stereocenters. The van der Waals surface area contributed by atoms with Crippen LogP contribution in [0.3, 0.4) is 0 Å². The number of pyridine rings is 1. The topological polar surface area (TPSA) is 52.3 Å². The number of amides is 1. The lowest BCUT2D eigenvalue weighted by molar-refractivity contribution is 0.0475. The quantitative estimate of drug-likeness (QED) is 0.711. The molecule has 6 nitrogen and oxygen atoms in total. The van der Waals surface area contributed by atoms with Crippen LogP contribution >= 0.6 is 0 Å². The number of rotatable bonds is 5. The molecule has 26 heavy (non-hydrogen) atoms. The van der Waals surface area contributed by atoms with E-state index in [0.717, 1.165) is 11.3 Å². The zero-order valence-corrected chi connectivity index (χ0v) is 14.8. The highest BCUT2D eigenvalue weighted by molar-refractivity contribution is 5.92. The monoisotopic (exact) mass is 350 g/mol. The summed E-state index contributed by atoms with van der Waals surface area (Å²) in [4.78, 5) is 18.8. The van der Waals surface area contributed by atoms with Gasteiger partial charge in [-0.1, -0.05) is 0 Å². The van der Waals surface area contributed by atoms with E-state index in [1.807, 2.05) is 53.0 Å². The van der Waals surface area contributed by atoms with Gasteiger partial charge in [0, 0.05) is 44.1 Å². The number of nitrogens with zero attached hydrogens (tertiary/aromatic N) is 4. The van der Waals surface area contributed by atoms with Crippen LogP contribution in [-0.4, -0.2) is 38.1 Å². The third-order valence-electron chi connectivity index (χ3n) is 4.82. The largest absolute Gasteiger partial charge is 0.375 e. The molecule has 0 saturated carbocycles. The minimum absolute atomic E-state index is 0.0593. The van der Waals surface area contributed by atoms with Crippen molar-refractivity contribution in [2.45, 2.75) is 19.2 Å². The molecular weight excluding hydrogens is 328 g/mol. The summed E-state index contributed by atoms with van der Waals surface area (Å²) in [6.45, 7) is 2.36. The molecule has 1 aliphatic rings. The first-order valence-corrected chi connectivity index (χ1v) is 8.75. The van der Waals surface area contributed by atoms with Gasteiger partial charge in [0.05, 0.1) is 25.8 Å². The van der Waals surface area contributed by atoms with Crippen LogP contribution in [0.25, 0.3) is 0 Å². The average Bonchev–Trinajstić information content (AvgIpc) is 3.30. The van der Waals surface area contributed by atoms with Crippen molar-refractivity contribution in [3.63, 3.8) is 0 Å². The number of aryl methyl sites for hydroxylation is 1. The number of carbonyl (C=O) groups excluding carboxylic acids is 1. The third kappa shape index (κ3) is 3.28. The fourth-order valence-corrected chi connectivity index (χ4v) is 3.45. The molecule has 0 saturated heterocycles. The van der Waals surface area contributed by atoms with Crippen molar-refractivity contribution < 1.29 is 9.53 Å². The van der Waals surface area contributed by atoms with Crippen molar-refractivity contribution in [3.8, 4) is 0 Å². The van der Waals surface area contributed by atoms with Crippen LogP contribution in [-0.2, 0) is 24.9 Å². The number of hydrogen-bond acceptors (Lipinski definition) is 3. The van der Waals surface area contributed by atoms with Gasteiger partial charge in [-0.3, -0.25) is 9.78 Å². The van der Waals surface area contributed by atoms with Crippen LogP contribution in [0.2, 0.25) is 0 Å². The van der Waals surface area contributed by atoms with Gasteiger partial charge in [-0.15, -0.1) is 0 Å². The van der Waals surface area contributed by atoms with Gasteiger partial charge in [0.15, 0.2) is 0 Å². The normalized spacial score (nSPS) is 16.5. The van der Waals surface area contributed by atoms with Crippen molar-refractivity contribution in [2.75, 3.05) is 13.2 Å². The Labute approximate surface area is 152 Å². The van der Waals surface area contributed by atoms with Gasteiger partial charge in [-0.25, -0.2) is 0 Å². The highest BCUT2D eigenvalue weighted by Crippen LogP contribution is 2.24. The van der Waals surface area contributed by atoms with Gasteiger partial charge >= 0.3 is 0 Å². The minimum Gasteiger partial charge on any atom is -0.375 e. The van der Waals surface area contributed by atoms with Crippen molar-refractivity contribution in [1.29, 1.82) is 0 Å². The first-order valence-electron chi connectivity index (χ1n) is 8.75. The predicted molar refractivity (Wildman–Crippen MR) is 97.5 cm³/mol. The van der Waals surface area contributed by atoms with E-state index in [9.17, 15) is 4.79 Å². The van der Waals surface area contributed by atoms with Crippen LogP contribution in [0.15, 0.2) is 61.2 Å². The second kappa shape index (κ2) is 7.17. The summed E-state index contributed by atoms with van der Waals surface area (Å²) < 4.78 is 10.0. The molecule has 1 amide bonds. The lowest BCUT2D eigenvalue weighted by Crippen LogP contribution is -2.42. The van der Waals surface area contributed by atoms with E-state index >= 15 is 0 Å². The van der Waals surface area contributed by atoms with E-state index in [1.54, 1.807) is 12.4 Å². The SMILES string of the molecule is Cn1cccc1C(=O)N1Cc2cccn2[C@@H](COCc2ccncc2)C1. The van der Waals surface area contributed by atoms with Gasteiger partial charge in [-0.2, -0.15) is 0 Å². The molecule has 0 aromatic carbocycles. The van der Waals surface area contributed by atoms with Gasteiger partial charge in [0.2, 0.25) is 0 Å². The summed E-state index contributed by atoms with van der Waals surface area (Å²) in [5, 5.41) is 0. The van der Waals surface area contributed by atoms with Crippen LogP contribution in [0.4, 0.5) is 0 Å². The summed E-state index contributed by atoms with van der Waals surface area (Å²) in [5.41, 5.74) is 2.94. The summed E-state index contributed by atoms with van der Waals surface area (Å²) in [6.07, 6.45) is 7.50. The fraction of sp³-hybridized carbons (Fsp3) is 0.300. The molecule has 4 heterocycles. The van der Waals surface area contributed by atoms with Gasteiger partial charge in [-0.05, 0) is 42.0 Å². The maximum atomic E-state index is 12.9. The Morgan fingerprint density at radius 1 is 1.19 bits per heavy atom. The van der Waals surface area contributed by atoms with E-state index in [0.29, 0.717) is 32.0 Å². The zero-order chi connectivity index (χ0) is 17.9. The summed E-state index contributed by atoms with van der Waals surface area (Å²) in [6, 6.07) is 11.9. The van der Waals surface area contributed by atoms with Crippen molar-refractivity contribution in [3.05, 3.63) is 78.1 Å². The minimum atomic E-state index is 0.0593. The highest BCUT2D eigenvalue weighted by Gasteiger charge is 2.29. The Morgan fingerprint density at radius 2 is 2.00 bits per heavy atom. The maximum absolute atomic E-state index is 12.9. The molecule has 1 aliphatic heterocycles. The second-order valence-electron chi connectivity index (χ2n) is 6.62. The molecule has 0 aliphatic carbocycles. The molecule has 6 heteroatoms. The van der Waals surface area contributed by atoms with Crippen molar-refractivity contribution in [1.82, 2.24) is 19.0 Å². The Hall–Kier alpha value is -2.86. The number of ether oxygens (including phenoxy) is 1. The lowest BCUT2D eigenvalue weighted by atomic mass is 10.1. The Bertz CT molecular complexity index is 884. The molecule has 0 bridgehead atoms. The van der Waals surface area contributed by atoms with Crippen molar-refractivity contribution >= 4 is 5.91 Å². The smallest absolute Gasteiger partial charge is 0.270 e. The van der Waals surface area contributed by atoms with E-state index in [1.165, 1.54) is 0 Å². The van der Waals surface area contributed by atoms with E-state index in [4.69, 9.17) is 4.74 Å². The molecular formula is C20H22N4O2. The van der Waals surface area contributed by atoms with Gasteiger partial charge < -0.3 is 18.8 Å². The molecule has 1 atom stereocenters. The van der Waals surface area contributed by atoms with Crippen LogP contribution < -0.4 is 0 Å². The molecule has 0 fully saturated rings. The Balaban J connectivity index is 1.46. The molecule has 0 N–H and O–H groups in total. The number of carbonyl (C=O) groups is 1. The molecule has 4 rings (SSSR count). The molecule has 134 valence electrons. The molecule has 3 aromatic rings. The molecule has 3 aromatic heterocycles. The number of aromatic nitrogens is 3. The Kier molecular flexibility index (Phi) is 4.58. The van der Waals surface area contributed by atoms with E-state index < -0.39 is 0 Å².